The minimum Gasteiger partial charge on any atom is -0.456 e. The Bertz CT molecular complexity index is 3820. The van der Waals surface area contributed by atoms with E-state index in [1.807, 2.05) is 18.2 Å². The predicted molar refractivity (Wildman–Crippen MR) is 260 cm³/mol. The van der Waals surface area contributed by atoms with Gasteiger partial charge in [0.05, 0.1) is 22.1 Å². The summed E-state index contributed by atoms with van der Waals surface area (Å²) >= 11 is 0. The van der Waals surface area contributed by atoms with Gasteiger partial charge in [-0.25, -0.2) is 9.98 Å². The van der Waals surface area contributed by atoms with Crippen molar-refractivity contribution in [3.8, 4) is 27.9 Å². The van der Waals surface area contributed by atoms with Gasteiger partial charge in [-0.05, 0) is 58.7 Å². The summed E-state index contributed by atoms with van der Waals surface area (Å²) in [6.07, 6.45) is -0.595. The minimum atomic E-state index is -0.595. The van der Waals surface area contributed by atoms with E-state index in [1.165, 1.54) is 38.4 Å². The second kappa shape index (κ2) is 14.0. The van der Waals surface area contributed by atoms with Crippen LogP contribution < -0.4 is 5.32 Å². The fourth-order valence-corrected chi connectivity index (χ4v) is 9.75. The van der Waals surface area contributed by atoms with Crippen LogP contribution in [-0.4, -0.2) is 20.9 Å². The summed E-state index contributed by atoms with van der Waals surface area (Å²) in [4.78, 5) is 10.8. The molecule has 0 saturated carbocycles. The average Bonchev–Trinajstić information content (AvgIpc) is 4.02. The first kappa shape index (κ1) is 35.3. The van der Waals surface area contributed by atoms with Crippen LogP contribution in [0.2, 0.25) is 0 Å². The van der Waals surface area contributed by atoms with Gasteiger partial charge < -0.3 is 14.3 Å². The van der Waals surface area contributed by atoms with Crippen LogP contribution in [0.1, 0.15) is 17.3 Å². The number of hydrogen-bond acceptors (Lipinski definition) is 4. The zero-order valence-electron chi connectivity index (χ0n) is 34.0. The lowest BCUT2D eigenvalue weighted by Gasteiger charge is -2.23. The number of nitrogens with one attached hydrogen (secondary N) is 1. The molecule has 0 radical (unpaired) electrons. The van der Waals surface area contributed by atoms with Gasteiger partial charge in [0.15, 0.2) is 6.17 Å². The maximum absolute atomic E-state index is 6.99. The van der Waals surface area contributed by atoms with E-state index in [-0.39, 0.29) is 0 Å². The van der Waals surface area contributed by atoms with Crippen molar-refractivity contribution in [1.82, 2.24) is 14.5 Å². The molecule has 1 N–H and O–H groups in total. The molecule has 0 spiro atoms. The van der Waals surface area contributed by atoms with E-state index in [0.717, 1.165) is 72.0 Å². The molecule has 12 aromatic rings. The fourth-order valence-electron chi connectivity index (χ4n) is 9.75. The second-order valence-electron chi connectivity index (χ2n) is 16.2. The third-order valence-electron chi connectivity index (χ3n) is 12.6. The van der Waals surface area contributed by atoms with Gasteiger partial charge in [0.1, 0.15) is 17.0 Å². The number of hydrogen-bond donors (Lipinski definition) is 1. The van der Waals surface area contributed by atoms with E-state index in [4.69, 9.17) is 14.4 Å². The second-order valence-corrected chi connectivity index (χ2v) is 16.2. The number of benzene rings is 9. The molecule has 63 heavy (non-hydrogen) atoms. The van der Waals surface area contributed by atoms with Gasteiger partial charge in [0.2, 0.25) is 5.96 Å². The minimum absolute atomic E-state index is 0.595. The van der Waals surface area contributed by atoms with Gasteiger partial charge in [0.25, 0.3) is 0 Å². The summed E-state index contributed by atoms with van der Waals surface area (Å²) in [7, 11) is 0. The van der Waals surface area contributed by atoms with Crippen molar-refractivity contribution in [2.75, 3.05) is 0 Å². The molecule has 4 heterocycles. The van der Waals surface area contributed by atoms with Crippen LogP contribution in [0.5, 0.6) is 0 Å². The highest BCUT2D eigenvalue weighted by Gasteiger charge is 2.27. The molecule has 1 unspecified atom stereocenters. The highest BCUT2D eigenvalue weighted by atomic mass is 16.3. The molecule has 9 aromatic carbocycles. The fraction of sp³-hybridized carbons (Fsp3) is 0.0175. The molecule has 0 bridgehead atoms. The number of furan rings is 1. The van der Waals surface area contributed by atoms with Crippen molar-refractivity contribution in [1.29, 1.82) is 0 Å². The van der Waals surface area contributed by atoms with E-state index in [0.29, 0.717) is 5.96 Å². The van der Waals surface area contributed by atoms with E-state index in [1.54, 1.807) is 0 Å². The lowest BCUT2D eigenvalue weighted by Crippen LogP contribution is -2.39. The smallest absolute Gasteiger partial charge is 0.211 e. The first-order valence-corrected chi connectivity index (χ1v) is 21.4. The van der Waals surface area contributed by atoms with E-state index in [2.05, 4.69) is 209 Å². The standard InChI is InChI=1S/C57H37N5O/c1-4-16-36(17-5-1)39-30-32-43-42-22-10-12-27-48(42)61(51(43)34-39)40-31-33-44-45-25-14-26-47(54(45)63-52(44)35-40)56-58-55(38-20-8-3-9-21-38)59-57(60-56)62-49-28-13-11-23-46(49)53-41(24-15-29-50(53)62)37-18-6-2-7-19-37/h1-35,56H,(H,58,59,60). The maximum atomic E-state index is 6.99. The van der Waals surface area contributed by atoms with Crippen molar-refractivity contribution in [3.05, 3.63) is 223 Å². The number of rotatable bonds is 5. The summed E-state index contributed by atoms with van der Waals surface area (Å²) in [6.45, 7) is 0. The molecule has 1 atom stereocenters. The topological polar surface area (TPSA) is 59.8 Å². The molecule has 1 aliphatic rings. The van der Waals surface area contributed by atoms with Gasteiger partial charge >= 0.3 is 0 Å². The van der Waals surface area contributed by atoms with Crippen LogP contribution in [0.3, 0.4) is 0 Å². The van der Waals surface area contributed by atoms with Crippen molar-refractivity contribution in [2.24, 2.45) is 9.98 Å². The van der Waals surface area contributed by atoms with E-state index < -0.39 is 6.17 Å². The van der Waals surface area contributed by atoms with Crippen LogP contribution >= 0.6 is 0 Å². The highest BCUT2D eigenvalue weighted by molar-refractivity contribution is 6.22. The number of amidine groups is 1. The normalized spacial score (nSPS) is 14.2. The number of para-hydroxylation sites is 3. The van der Waals surface area contributed by atoms with Gasteiger partial charge in [0, 0.05) is 55.2 Å². The molecule has 6 nitrogen and oxygen atoms in total. The largest absolute Gasteiger partial charge is 0.456 e. The Morgan fingerprint density at radius 2 is 1.03 bits per heavy atom. The molecular weight excluding hydrogens is 771 g/mol. The quantitative estimate of drug-likeness (QED) is 0.188. The molecule has 0 amide bonds. The zero-order chi connectivity index (χ0) is 41.4. The Labute approximate surface area is 362 Å². The molecule has 13 rings (SSSR count). The Morgan fingerprint density at radius 1 is 0.413 bits per heavy atom. The number of nitrogens with zero attached hydrogens (tertiary/aromatic N) is 4. The first-order chi connectivity index (χ1) is 31.2. The summed E-state index contributed by atoms with van der Waals surface area (Å²) in [5.74, 6) is 1.44. The van der Waals surface area contributed by atoms with Crippen LogP contribution in [0.4, 0.5) is 0 Å². The summed E-state index contributed by atoms with van der Waals surface area (Å²) < 4.78 is 11.6. The predicted octanol–water partition coefficient (Wildman–Crippen LogP) is 14.1. The lowest BCUT2D eigenvalue weighted by atomic mass is 9.99. The number of aliphatic imine (C=N–C) groups is 2. The Balaban J connectivity index is 0.994. The monoisotopic (exact) mass is 807 g/mol. The molecule has 0 saturated heterocycles. The summed E-state index contributed by atoms with van der Waals surface area (Å²) in [5.41, 5.74) is 13.6. The SMILES string of the molecule is c1ccc(C2=NC(c3cccc4c3oc3cc(-n5c6ccccc6c6ccc(-c7ccccc7)cc65)ccc34)N=C(n3c4ccccc4c4c(-c5ccccc5)cccc43)N2)cc1. The first-order valence-electron chi connectivity index (χ1n) is 21.4. The third-order valence-corrected chi connectivity index (χ3v) is 12.6. The van der Waals surface area contributed by atoms with Crippen LogP contribution in [-0.2, 0) is 0 Å². The maximum Gasteiger partial charge on any atom is 0.211 e. The molecule has 296 valence electrons. The van der Waals surface area contributed by atoms with Gasteiger partial charge in [-0.2, -0.15) is 0 Å². The molecule has 0 aliphatic carbocycles. The van der Waals surface area contributed by atoms with Crippen molar-refractivity contribution in [3.63, 3.8) is 0 Å². The lowest BCUT2D eigenvalue weighted by molar-refractivity contribution is 0.648. The highest BCUT2D eigenvalue weighted by Crippen LogP contribution is 2.41. The van der Waals surface area contributed by atoms with Crippen LogP contribution in [0, 0.1) is 0 Å². The van der Waals surface area contributed by atoms with Gasteiger partial charge in [-0.1, -0.05) is 170 Å². The van der Waals surface area contributed by atoms with Crippen LogP contribution in [0.25, 0.3) is 93.5 Å². The molecule has 6 heteroatoms. The summed E-state index contributed by atoms with van der Waals surface area (Å²) in [6, 6.07) is 75.0. The Kier molecular flexibility index (Phi) is 7.87. The van der Waals surface area contributed by atoms with Crippen molar-refractivity contribution < 1.29 is 4.42 Å². The summed E-state index contributed by atoms with van der Waals surface area (Å²) in [5, 5.41) is 10.5. The van der Waals surface area contributed by atoms with Gasteiger partial charge in [-0.15, -0.1) is 0 Å². The van der Waals surface area contributed by atoms with Gasteiger partial charge in [-0.3, -0.25) is 4.57 Å². The molecule has 3 aromatic heterocycles. The van der Waals surface area contributed by atoms with Crippen molar-refractivity contribution >= 4 is 77.3 Å². The molecule has 0 fully saturated rings. The average molecular weight is 808 g/mol. The Morgan fingerprint density at radius 3 is 1.83 bits per heavy atom. The zero-order valence-corrected chi connectivity index (χ0v) is 34.0. The van der Waals surface area contributed by atoms with Crippen molar-refractivity contribution in [2.45, 2.75) is 6.17 Å². The number of fused-ring (bicyclic) bond motifs is 9. The third kappa shape index (κ3) is 5.58. The number of aromatic nitrogens is 2. The van der Waals surface area contributed by atoms with E-state index in [9.17, 15) is 0 Å². The van der Waals surface area contributed by atoms with E-state index >= 15 is 0 Å². The Hall–Kier alpha value is -8.48. The van der Waals surface area contributed by atoms with Crippen LogP contribution in [0.15, 0.2) is 227 Å². The molecule has 1 aliphatic heterocycles. The molecular formula is C57H37N5O.